The van der Waals surface area contributed by atoms with E-state index in [2.05, 4.69) is 12.2 Å². The summed E-state index contributed by atoms with van der Waals surface area (Å²) >= 11 is 13.8. The van der Waals surface area contributed by atoms with E-state index in [0.29, 0.717) is 10.0 Å². The van der Waals surface area contributed by atoms with Crippen LogP contribution in [0.25, 0.3) is 0 Å². The lowest BCUT2D eigenvalue weighted by Crippen LogP contribution is -2.03. The van der Waals surface area contributed by atoms with Crippen molar-refractivity contribution in [3.63, 3.8) is 0 Å². The second-order valence-corrected chi connectivity index (χ2v) is 5.34. The second-order valence-electron chi connectivity index (χ2n) is 3.10. The van der Waals surface area contributed by atoms with Gasteiger partial charge in [0.2, 0.25) is 0 Å². The van der Waals surface area contributed by atoms with Gasteiger partial charge in [0, 0.05) is 11.6 Å². The molecule has 4 heteroatoms. The van der Waals surface area contributed by atoms with Crippen molar-refractivity contribution in [3.8, 4) is 0 Å². The Hall–Kier alpha value is -0.0500. The molecule has 1 rings (SSSR count). The molecule has 0 spiro atoms. The van der Waals surface area contributed by atoms with Crippen LogP contribution in [0.2, 0.25) is 10.0 Å². The van der Waals surface area contributed by atoms with Crippen LogP contribution in [-0.4, -0.2) is 18.1 Å². The maximum atomic E-state index is 6.02. The summed E-state index contributed by atoms with van der Waals surface area (Å²) in [6.07, 6.45) is 1.15. The summed E-state index contributed by atoms with van der Waals surface area (Å²) in [6, 6.07) is 5.51. The molecule has 0 aliphatic carbocycles. The fourth-order valence-electron chi connectivity index (χ4n) is 1.17. The van der Waals surface area contributed by atoms with Crippen LogP contribution in [0.15, 0.2) is 18.2 Å². The van der Waals surface area contributed by atoms with Crippen LogP contribution in [0.5, 0.6) is 0 Å². The molecular weight excluding hydrogens is 249 g/mol. The zero-order valence-electron chi connectivity index (χ0n) is 8.72. The van der Waals surface area contributed by atoms with Crippen LogP contribution in [0, 0.1) is 0 Å². The van der Waals surface area contributed by atoms with E-state index in [1.54, 1.807) is 6.07 Å². The first-order chi connectivity index (χ1) is 7.24. The van der Waals surface area contributed by atoms with Crippen molar-refractivity contribution in [3.05, 3.63) is 28.2 Å². The molecular formula is C11H15Cl2NS. The van der Waals surface area contributed by atoms with E-state index in [-0.39, 0.29) is 0 Å². The number of hydrogen-bond acceptors (Lipinski definition) is 2. The summed E-state index contributed by atoms with van der Waals surface area (Å²) < 4.78 is 0. The Morgan fingerprint density at radius 2 is 2.13 bits per heavy atom. The molecule has 0 unspecified atom stereocenters. The molecule has 0 fully saturated rings. The Labute approximate surface area is 106 Å². The van der Waals surface area contributed by atoms with Gasteiger partial charge in [-0.25, -0.2) is 0 Å². The second kappa shape index (κ2) is 7.26. The molecule has 0 aliphatic rings. The van der Waals surface area contributed by atoms with Crippen LogP contribution in [0.1, 0.15) is 13.3 Å². The molecule has 84 valence electrons. The van der Waals surface area contributed by atoms with E-state index >= 15 is 0 Å². The molecule has 15 heavy (non-hydrogen) atoms. The predicted molar refractivity (Wildman–Crippen MR) is 72.6 cm³/mol. The molecule has 0 bridgehead atoms. The molecule has 0 aromatic heterocycles. The molecule has 0 saturated heterocycles. The van der Waals surface area contributed by atoms with E-state index in [1.165, 1.54) is 11.5 Å². The first kappa shape index (κ1) is 13.0. The van der Waals surface area contributed by atoms with Crippen molar-refractivity contribution in [1.82, 2.24) is 0 Å². The number of nitrogens with one attached hydrogen (secondary N) is 1. The van der Waals surface area contributed by atoms with Gasteiger partial charge in [-0.15, -0.1) is 0 Å². The maximum Gasteiger partial charge on any atom is 0.0652 e. The number of benzene rings is 1. The molecule has 0 saturated carbocycles. The first-order valence-electron chi connectivity index (χ1n) is 5.00. The largest absolute Gasteiger partial charge is 0.384 e. The van der Waals surface area contributed by atoms with Gasteiger partial charge >= 0.3 is 0 Å². The Balaban J connectivity index is 2.31. The number of hydrogen-bond donors (Lipinski definition) is 1. The molecule has 1 N–H and O–H groups in total. The topological polar surface area (TPSA) is 12.0 Å². The normalized spacial score (nSPS) is 10.3. The average molecular weight is 264 g/mol. The van der Waals surface area contributed by atoms with Crippen molar-refractivity contribution in [2.75, 3.05) is 23.4 Å². The van der Waals surface area contributed by atoms with Crippen molar-refractivity contribution in [2.45, 2.75) is 13.3 Å². The minimum absolute atomic E-state index is 0.673. The van der Waals surface area contributed by atoms with Crippen molar-refractivity contribution in [2.24, 2.45) is 0 Å². The van der Waals surface area contributed by atoms with Gasteiger partial charge in [0.15, 0.2) is 0 Å². The third-order valence-electron chi connectivity index (χ3n) is 1.92. The van der Waals surface area contributed by atoms with E-state index in [9.17, 15) is 0 Å². The summed E-state index contributed by atoms with van der Waals surface area (Å²) in [5.74, 6) is 2.37. The van der Waals surface area contributed by atoms with Gasteiger partial charge in [0.25, 0.3) is 0 Å². The van der Waals surface area contributed by atoms with Gasteiger partial charge in [-0.3, -0.25) is 0 Å². The first-order valence-corrected chi connectivity index (χ1v) is 6.91. The smallest absolute Gasteiger partial charge is 0.0652 e. The zero-order valence-corrected chi connectivity index (χ0v) is 11.1. The molecule has 0 heterocycles. The fourth-order valence-corrected chi connectivity index (χ4v) is 2.29. The number of thioether (sulfide) groups is 1. The fraction of sp³-hybridized carbons (Fsp3) is 0.455. The van der Waals surface area contributed by atoms with Crippen molar-refractivity contribution in [1.29, 1.82) is 0 Å². The Morgan fingerprint density at radius 3 is 2.80 bits per heavy atom. The van der Waals surface area contributed by atoms with Crippen LogP contribution < -0.4 is 5.32 Å². The standard InChI is InChI=1S/C11H15Cl2NS/c1-2-15-7-3-6-14-11-5-4-9(12)8-10(11)13/h4-5,8,14H,2-3,6-7H2,1H3. The van der Waals surface area contributed by atoms with Crippen LogP contribution in [0.4, 0.5) is 5.69 Å². The summed E-state index contributed by atoms with van der Waals surface area (Å²) in [7, 11) is 0. The van der Waals surface area contributed by atoms with E-state index in [0.717, 1.165) is 18.7 Å². The SMILES string of the molecule is CCSCCCNc1ccc(Cl)cc1Cl. The highest BCUT2D eigenvalue weighted by Gasteiger charge is 1.99. The third kappa shape index (κ3) is 5.01. The molecule has 1 aromatic rings. The van der Waals surface area contributed by atoms with Crippen LogP contribution in [0.3, 0.4) is 0 Å². The van der Waals surface area contributed by atoms with Crippen molar-refractivity contribution >= 4 is 40.7 Å². The van der Waals surface area contributed by atoms with Gasteiger partial charge < -0.3 is 5.32 Å². The van der Waals surface area contributed by atoms with Gasteiger partial charge in [0.05, 0.1) is 10.7 Å². The van der Waals surface area contributed by atoms with E-state index in [4.69, 9.17) is 23.2 Å². The lowest BCUT2D eigenvalue weighted by Gasteiger charge is -2.08. The monoisotopic (exact) mass is 263 g/mol. The van der Waals surface area contributed by atoms with Crippen molar-refractivity contribution < 1.29 is 0 Å². The van der Waals surface area contributed by atoms with Gasteiger partial charge in [-0.2, -0.15) is 11.8 Å². The molecule has 0 radical (unpaired) electrons. The number of halogens is 2. The molecule has 1 nitrogen and oxygen atoms in total. The molecule has 0 atom stereocenters. The van der Waals surface area contributed by atoms with E-state index in [1.807, 2.05) is 23.9 Å². The van der Waals surface area contributed by atoms with Crippen LogP contribution >= 0.6 is 35.0 Å². The maximum absolute atomic E-state index is 6.02. The summed E-state index contributed by atoms with van der Waals surface area (Å²) in [4.78, 5) is 0. The lowest BCUT2D eigenvalue weighted by atomic mass is 10.3. The highest BCUT2D eigenvalue weighted by atomic mass is 35.5. The molecule has 0 aliphatic heterocycles. The summed E-state index contributed by atoms with van der Waals surface area (Å²) in [5, 5.41) is 4.65. The Kier molecular flexibility index (Phi) is 6.30. The van der Waals surface area contributed by atoms with Gasteiger partial charge in [-0.1, -0.05) is 30.1 Å². The lowest BCUT2D eigenvalue weighted by molar-refractivity contribution is 0.992. The Bertz CT molecular complexity index is 305. The minimum atomic E-state index is 0.673. The average Bonchev–Trinajstić information content (AvgIpc) is 2.20. The predicted octanol–water partition coefficient (Wildman–Crippen LogP) is 4.55. The van der Waals surface area contributed by atoms with E-state index < -0.39 is 0 Å². The molecule has 0 amide bonds. The zero-order chi connectivity index (χ0) is 11.1. The quantitative estimate of drug-likeness (QED) is 0.756. The number of rotatable bonds is 6. The van der Waals surface area contributed by atoms with Crippen LogP contribution in [-0.2, 0) is 0 Å². The van der Waals surface area contributed by atoms with Gasteiger partial charge in [-0.05, 0) is 36.1 Å². The third-order valence-corrected chi connectivity index (χ3v) is 3.45. The minimum Gasteiger partial charge on any atom is -0.384 e. The summed E-state index contributed by atoms with van der Waals surface area (Å²) in [5.41, 5.74) is 0.961. The highest BCUT2D eigenvalue weighted by Crippen LogP contribution is 2.25. The highest BCUT2D eigenvalue weighted by molar-refractivity contribution is 7.99. The number of anilines is 1. The Morgan fingerprint density at radius 1 is 1.33 bits per heavy atom. The molecule has 1 aromatic carbocycles. The summed E-state index contributed by atoms with van der Waals surface area (Å²) in [6.45, 7) is 3.13. The van der Waals surface area contributed by atoms with Gasteiger partial charge in [0.1, 0.15) is 0 Å².